The largest absolute Gasteiger partial charge is 0.397 e. The first-order valence-electron chi connectivity index (χ1n) is 6.99. The van der Waals surface area contributed by atoms with Crippen LogP contribution in [0.25, 0.3) is 0 Å². The quantitative estimate of drug-likeness (QED) is 0.843. The SMILES string of the molecule is N#Cc1ccc(N2CCCN(C(=O)CC(F)(F)F)CC2)cc1. The van der Waals surface area contributed by atoms with Gasteiger partial charge in [0.1, 0.15) is 6.42 Å². The maximum atomic E-state index is 12.3. The summed E-state index contributed by atoms with van der Waals surface area (Å²) in [5.74, 6) is -0.867. The summed E-state index contributed by atoms with van der Waals surface area (Å²) in [6.07, 6.45) is -5.25. The van der Waals surface area contributed by atoms with Crippen LogP contribution in [0.3, 0.4) is 0 Å². The van der Waals surface area contributed by atoms with Crippen molar-refractivity contribution in [1.82, 2.24) is 4.90 Å². The van der Waals surface area contributed by atoms with Gasteiger partial charge in [-0.15, -0.1) is 0 Å². The Hall–Kier alpha value is -2.23. The summed E-state index contributed by atoms with van der Waals surface area (Å²) in [4.78, 5) is 14.9. The van der Waals surface area contributed by atoms with Gasteiger partial charge in [0, 0.05) is 31.9 Å². The Balaban J connectivity index is 1.97. The molecule has 0 N–H and O–H groups in total. The minimum atomic E-state index is -4.46. The number of carbonyl (C=O) groups excluding carboxylic acids is 1. The van der Waals surface area contributed by atoms with Crippen molar-refractivity contribution in [2.24, 2.45) is 0 Å². The van der Waals surface area contributed by atoms with E-state index < -0.39 is 18.5 Å². The number of anilines is 1. The fourth-order valence-corrected chi connectivity index (χ4v) is 2.46. The molecule has 0 spiro atoms. The number of alkyl halides is 3. The number of hydrogen-bond donors (Lipinski definition) is 0. The summed E-state index contributed by atoms with van der Waals surface area (Å²) in [7, 11) is 0. The van der Waals surface area contributed by atoms with Crippen molar-refractivity contribution in [1.29, 1.82) is 5.26 Å². The lowest BCUT2D eigenvalue weighted by atomic mass is 10.2. The minimum absolute atomic E-state index is 0.273. The topological polar surface area (TPSA) is 47.3 Å². The van der Waals surface area contributed by atoms with Gasteiger partial charge in [-0.05, 0) is 30.7 Å². The molecule has 1 aromatic rings. The molecule has 7 heteroatoms. The van der Waals surface area contributed by atoms with Crippen molar-refractivity contribution in [2.75, 3.05) is 31.1 Å². The van der Waals surface area contributed by atoms with Crippen molar-refractivity contribution < 1.29 is 18.0 Å². The van der Waals surface area contributed by atoms with Gasteiger partial charge in [-0.2, -0.15) is 18.4 Å². The van der Waals surface area contributed by atoms with Crippen molar-refractivity contribution in [3.63, 3.8) is 0 Å². The van der Waals surface area contributed by atoms with Crippen LogP contribution in [0.4, 0.5) is 18.9 Å². The Labute approximate surface area is 126 Å². The van der Waals surface area contributed by atoms with Gasteiger partial charge in [-0.3, -0.25) is 4.79 Å². The van der Waals surface area contributed by atoms with E-state index in [9.17, 15) is 18.0 Å². The minimum Gasteiger partial charge on any atom is -0.370 e. The standard InChI is InChI=1S/C15H16F3N3O/c16-15(17,18)10-14(22)21-7-1-6-20(8-9-21)13-4-2-12(11-19)3-5-13/h2-5H,1,6-10H2. The van der Waals surface area contributed by atoms with Crippen molar-refractivity contribution in [3.05, 3.63) is 29.8 Å². The summed E-state index contributed by atoms with van der Waals surface area (Å²) in [6, 6.07) is 9.06. The molecule has 4 nitrogen and oxygen atoms in total. The van der Waals surface area contributed by atoms with Crippen LogP contribution in [0.1, 0.15) is 18.4 Å². The molecule has 0 aromatic heterocycles. The fraction of sp³-hybridized carbons (Fsp3) is 0.467. The number of nitrogens with zero attached hydrogens (tertiary/aromatic N) is 3. The molecule has 0 aliphatic carbocycles. The number of nitriles is 1. The normalized spacial score (nSPS) is 16.1. The fourth-order valence-electron chi connectivity index (χ4n) is 2.46. The van der Waals surface area contributed by atoms with Gasteiger partial charge in [0.15, 0.2) is 0 Å². The van der Waals surface area contributed by atoms with E-state index in [2.05, 4.69) is 0 Å². The Bertz CT molecular complexity index is 563. The lowest BCUT2D eigenvalue weighted by molar-refractivity contribution is -0.161. The smallest absolute Gasteiger partial charge is 0.370 e. The Morgan fingerprint density at radius 3 is 2.41 bits per heavy atom. The lowest BCUT2D eigenvalue weighted by Crippen LogP contribution is -2.37. The monoisotopic (exact) mass is 311 g/mol. The van der Waals surface area contributed by atoms with Crippen LogP contribution in [0, 0.1) is 11.3 Å². The van der Waals surface area contributed by atoms with E-state index in [1.165, 1.54) is 4.90 Å². The van der Waals surface area contributed by atoms with Crippen LogP contribution in [-0.4, -0.2) is 43.2 Å². The molecule has 1 heterocycles. The molecule has 1 fully saturated rings. The summed E-state index contributed by atoms with van der Waals surface area (Å²) in [5, 5.41) is 8.77. The van der Waals surface area contributed by atoms with Crippen LogP contribution in [0.5, 0.6) is 0 Å². The average molecular weight is 311 g/mol. The molecule has 1 aromatic carbocycles. The maximum absolute atomic E-state index is 12.3. The summed E-state index contributed by atoms with van der Waals surface area (Å²) < 4.78 is 36.9. The number of amides is 1. The van der Waals surface area contributed by atoms with Crippen molar-refractivity contribution in [3.8, 4) is 6.07 Å². The van der Waals surface area contributed by atoms with Crippen LogP contribution >= 0.6 is 0 Å². The number of benzene rings is 1. The molecule has 1 amide bonds. The first-order chi connectivity index (χ1) is 10.4. The molecule has 0 saturated carbocycles. The molecular formula is C15H16F3N3O. The van der Waals surface area contributed by atoms with Gasteiger partial charge in [0.05, 0.1) is 11.6 Å². The summed E-state index contributed by atoms with van der Waals surface area (Å²) >= 11 is 0. The molecule has 1 aliphatic heterocycles. The van der Waals surface area contributed by atoms with Crippen LogP contribution in [-0.2, 0) is 4.79 Å². The Kier molecular flexibility index (Phi) is 4.91. The van der Waals surface area contributed by atoms with Crippen LogP contribution in [0.2, 0.25) is 0 Å². The molecule has 0 unspecified atom stereocenters. The number of carbonyl (C=O) groups is 1. The molecule has 0 atom stereocenters. The van der Waals surface area contributed by atoms with Crippen LogP contribution in [0.15, 0.2) is 24.3 Å². The third-order valence-electron chi connectivity index (χ3n) is 3.56. The summed E-state index contributed by atoms with van der Waals surface area (Å²) in [5.41, 5.74) is 1.46. The highest BCUT2D eigenvalue weighted by atomic mass is 19.4. The molecule has 0 bridgehead atoms. The van der Waals surface area contributed by atoms with E-state index in [1.54, 1.807) is 12.1 Å². The van der Waals surface area contributed by atoms with Gasteiger partial charge in [-0.1, -0.05) is 0 Å². The zero-order chi connectivity index (χ0) is 16.2. The molecule has 118 valence electrons. The predicted octanol–water partition coefficient (Wildman–Crippen LogP) is 2.55. The summed E-state index contributed by atoms with van der Waals surface area (Å²) in [6.45, 7) is 1.76. The first kappa shape index (κ1) is 16.1. The van der Waals surface area contributed by atoms with E-state index >= 15 is 0 Å². The maximum Gasteiger partial charge on any atom is 0.397 e. The van der Waals surface area contributed by atoms with Gasteiger partial charge in [-0.25, -0.2) is 0 Å². The highest BCUT2D eigenvalue weighted by Crippen LogP contribution is 2.22. The van der Waals surface area contributed by atoms with Crippen molar-refractivity contribution in [2.45, 2.75) is 19.0 Å². The van der Waals surface area contributed by atoms with Crippen LogP contribution < -0.4 is 4.90 Å². The Morgan fingerprint density at radius 2 is 1.82 bits per heavy atom. The second kappa shape index (κ2) is 6.69. The van der Waals surface area contributed by atoms with E-state index in [0.717, 1.165) is 5.69 Å². The van der Waals surface area contributed by atoms with Gasteiger partial charge < -0.3 is 9.80 Å². The predicted molar refractivity (Wildman–Crippen MR) is 75.2 cm³/mol. The molecule has 1 aliphatic rings. The second-order valence-corrected chi connectivity index (χ2v) is 5.17. The zero-order valence-corrected chi connectivity index (χ0v) is 11.9. The lowest BCUT2D eigenvalue weighted by Gasteiger charge is -2.24. The average Bonchev–Trinajstić information content (AvgIpc) is 2.71. The molecular weight excluding hydrogens is 295 g/mol. The second-order valence-electron chi connectivity index (χ2n) is 5.17. The molecule has 1 saturated heterocycles. The van der Waals surface area contributed by atoms with E-state index in [-0.39, 0.29) is 6.54 Å². The third-order valence-corrected chi connectivity index (χ3v) is 3.56. The molecule has 0 radical (unpaired) electrons. The van der Waals surface area contributed by atoms with Crippen molar-refractivity contribution >= 4 is 11.6 Å². The van der Waals surface area contributed by atoms with Gasteiger partial charge in [0.2, 0.25) is 5.91 Å². The van der Waals surface area contributed by atoms with E-state index in [0.29, 0.717) is 31.6 Å². The Morgan fingerprint density at radius 1 is 1.14 bits per heavy atom. The molecule has 2 rings (SSSR count). The van der Waals surface area contributed by atoms with Gasteiger partial charge in [0.25, 0.3) is 0 Å². The highest BCUT2D eigenvalue weighted by Gasteiger charge is 2.33. The first-order valence-corrected chi connectivity index (χ1v) is 6.99. The van der Waals surface area contributed by atoms with E-state index in [4.69, 9.17) is 5.26 Å². The third kappa shape index (κ3) is 4.38. The number of halogens is 3. The van der Waals surface area contributed by atoms with Gasteiger partial charge >= 0.3 is 6.18 Å². The van der Waals surface area contributed by atoms with E-state index in [1.807, 2.05) is 23.1 Å². The molecule has 22 heavy (non-hydrogen) atoms. The number of rotatable bonds is 2. The highest BCUT2D eigenvalue weighted by molar-refractivity contribution is 5.77. The zero-order valence-electron chi connectivity index (χ0n) is 11.9. The number of hydrogen-bond acceptors (Lipinski definition) is 3.